The lowest BCUT2D eigenvalue weighted by Crippen LogP contribution is -2.48. The lowest BCUT2D eigenvalue weighted by Gasteiger charge is -2.35. The minimum atomic E-state index is -1.17. The van der Waals surface area contributed by atoms with E-state index in [2.05, 4.69) is 0 Å². The molecule has 0 spiro atoms. The Balaban J connectivity index is 1.71. The van der Waals surface area contributed by atoms with Crippen LogP contribution in [-0.2, 0) is 4.74 Å². The number of furan rings is 1. The van der Waals surface area contributed by atoms with Crippen LogP contribution in [0.3, 0.4) is 0 Å². The Morgan fingerprint density at radius 3 is 2.71 bits per heavy atom. The molecule has 0 unspecified atom stereocenters. The van der Waals surface area contributed by atoms with E-state index in [4.69, 9.17) is 18.3 Å². The predicted octanol–water partition coefficient (Wildman–Crippen LogP) is 2.99. The molecule has 7 nitrogen and oxygen atoms in total. The molecule has 3 aromatic rings. The quantitative estimate of drug-likeness (QED) is 0.665. The first kappa shape index (κ1) is 19.0. The molecule has 1 saturated heterocycles. The molecule has 0 amide bonds. The van der Waals surface area contributed by atoms with Gasteiger partial charge in [-0.15, -0.1) is 0 Å². The normalized spacial score (nSPS) is 27.8. The third-order valence-electron chi connectivity index (χ3n) is 5.55. The fraction of sp³-hybridized carbons (Fsp3) is 0.476. The van der Waals surface area contributed by atoms with E-state index in [1.165, 1.54) is 12.3 Å². The molecule has 0 aliphatic carbocycles. The predicted molar refractivity (Wildman–Crippen MR) is 103 cm³/mol. The summed E-state index contributed by atoms with van der Waals surface area (Å²) < 4.78 is 22.9. The molecule has 3 atom stereocenters. The lowest BCUT2D eigenvalue weighted by molar-refractivity contribution is -0.177. The Labute approximate surface area is 161 Å². The summed E-state index contributed by atoms with van der Waals surface area (Å²) in [6, 6.07) is 6.40. The van der Waals surface area contributed by atoms with Gasteiger partial charge in [-0.25, -0.2) is 4.79 Å². The minimum absolute atomic E-state index is 0.0572. The van der Waals surface area contributed by atoms with Crippen LogP contribution in [0.25, 0.3) is 21.9 Å². The summed E-state index contributed by atoms with van der Waals surface area (Å²) in [6.07, 6.45) is 1.01. The Morgan fingerprint density at radius 2 is 1.93 bits per heavy atom. The molecule has 0 bridgehead atoms. The second-order valence-corrected chi connectivity index (χ2v) is 8.14. The molecule has 150 valence electrons. The molecule has 0 saturated carbocycles. The highest BCUT2D eigenvalue weighted by Crippen LogP contribution is 2.37. The first-order valence-corrected chi connectivity index (χ1v) is 9.32. The van der Waals surface area contributed by atoms with Crippen molar-refractivity contribution in [3.63, 3.8) is 0 Å². The summed E-state index contributed by atoms with van der Waals surface area (Å²) in [7, 11) is 0. The maximum atomic E-state index is 11.6. The highest BCUT2D eigenvalue weighted by Gasteiger charge is 2.44. The van der Waals surface area contributed by atoms with Crippen molar-refractivity contribution in [2.45, 2.75) is 57.0 Å². The third-order valence-corrected chi connectivity index (χ3v) is 5.55. The smallest absolute Gasteiger partial charge is 0.336 e. The Morgan fingerprint density at radius 1 is 1.18 bits per heavy atom. The van der Waals surface area contributed by atoms with Crippen molar-refractivity contribution < 1.29 is 28.5 Å². The van der Waals surface area contributed by atoms with E-state index in [1.54, 1.807) is 39.0 Å². The van der Waals surface area contributed by atoms with Gasteiger partial charge in [0.05, 0.1) is 34.3 Å². The average Bonchev–Trinajstić information content (AvgIpc) is 3.06. The molecule has 1 aliphatic rings. The zero-order chi connectivity index (χ0) is 20.1. The van der Waals surface area contributed by atoms with Crippen LogP contribution < -0.4 is 10.4 Å². The van der Waals surface area contributed by atoms with Gasteiger partial charge in [-0.05, 0) is 45.7 Å². The van der Waals surface area contributed by atoms with E-state index in [-0.39, 0.29) is 6.61 Å². The summed E-state index contributed by atoms with van der Waals surface area (Å²) in [5.41, 5.74) is -1.56. The van der Waals surface area contributed by atoms with Gasteiger partial charge in [0.15, 0.2) is 0 Å². The van der Waals surface area contributed by atoms with E-state index >= 15 is 0 Å². The summed E-state index contributed by atoms with van der Waals surface area (Å²) >= 11 is 0. The van der Waals surface area contributed by atoms with E-state index in [1.807, 2.05) is 0 Å². The van der Waals surface area contributed by atoms with Gasteiger partial charge in [0.25, 0.3) is 0 Å². The lowest BCUT2D eigenvalue weighted by atomic mass is 9.92. The van der Waals surface area contributed by atoms with E-state index < -0.39 is 29.0 Å². The number of hydrogen-bond donors (Lipinski definition) is 2. The Bertz CT molecular complexity index is 1060. The van der Waals surface area contributed by atoms with Gasteiger partial charge in [0.1, 0.15) is 29.6 Å². The van der Waals surface area contributed by atoms with Gasteiger partial charge >= 0.3 is 5.63 Å². The van der Waals surface area contributed by atoms with Crippen LogP contribution in [0.2, 0.25) is 0 Å². The summed E-state index contributed by atoms with van der Waals surface area (Å²) in [4.78, 5) is 11.6. The largest absolute Gasteiger partial charge is 0.489 e. The zero-order valence-electron chi connectivity index (χ0n) is 16.1. The van der Waals surface area contributed by atoms with Crippen molar-refractivity contribution in [2.75, 3.05) is 6.61 Å². The van der Waals surface area contributed by atoms with E-state index in [9.17, 15) is 15.0 Å². The van der Waals surface area contributed by atoms with Crippen molar-refractivity contribution in [3.05, 3.63) is 40.9 Å². The molecule has 3 heterocycles. The maximum Gasteiger partial charge on any atom is 0.336 e. The fourth-order valence-electron chi connectivity index (χ4n) is 3.65. The molecule has 2 N–H and O–H groups in total. The van der Waals surface area contributed by atoms with Crippen LogP contribution in [0.15, 0.2) is 44.2 Å². The van der Waals surface area contributed by atoms with Crippen LogP contribution >= 0.6 is 0 Å². The minimum Gasteiger partial charge on any atom is -0.489 e. The number of hydrogen-bond acceptors (Lipinski definition) is 7. The molecular weight excluding hydrogens is 364 g/mol. The SMILES string of the molecule is CC1(C)O[C@H](COc2c3ccoc3cc3oc(=O)ccc23)[C@@](C)(O)CC[C@H]1O. The molecule has 7 heteroatoms. The van der Waals surface area contributed by atoms with Gasteiger partial charge in [-0.1, -0.05) is 0 Å². The summed E-state index contributed by atoms with van der Waals surface area (Å²) in [5, 5.41) is 22.5. The van der Waals surface area contributed by atoms with Crippen LogP contribution in [0, 0.1) is 0 Å². The highest BCUT2D eigenvalue weighted by molar-refractivity contribution is 6.01. The van der Waals surface area contributed by atoms with Crippen LogP contribution in [0.5, 0.6) is 5.75 Å². The fourth-order valence-corrected chi connectivity index (χ4v) is 3.65. The number of fused-ring (bicyclic) bond motifs is 2. The average molecular weight is 388 g/mol. The van der Waals surface area contributed by atoms with Gasteiger partial charge < -0.3 is 28.5 Å². The van der Waals surface area contributed by atoms with Crippen molar-refractivity contribution in [2.24, 2.45) is 0 Å². The van der Waals surface area contributed by atoms with Crippen molar-refractivity contribution in [1.29, 1.82) is 0 Å². The molecule has 4 rings (SSSR count). The Kier molecular flexibility index (Phi) is 4.49. The Hall–Kier alpha value is -2.35. The van der Waals surface area contributed by atoms with Gasteiger partial charge in [-0.3, -0.25) is 0 Å². The molecule has 1 fully saturated rings. The van der Waals surface area contributed by atoms with Crippen molar-refractivity contribution >= 4 is 21.9 Å². The maximum absolute atomic E-state index is 11.6. The second kappa shape index (κ2) is 6.62. The topological polar surface area (TPSA) is 102 Å². The van der Waals surface area contributed by atoms with Crippen LogP contribution in [0.1, 0.15) is 33.6 Å². The number of benzene rings is 1. The summed E-state index contributed by atoms with van der Waals surface area (Å²) in [6.45, 7) is 5.34. The standard InChI is InChI=1S/C21H24O7/c1-20(2)16(22)6-8-21(3,24)17(28-20)11-26-19-12-4-5-18(23)27-15(12)10-14-13(19)7-9-25-14/h4-5,7,9-10,16-17,22,24H,6,8,11H2,1-3H3/t16-,17-,21+/m1/s1. The number of rotatable bonds is 3. The number of aliphatic hydroxyl groups excluding tert-OH is 1. The molecule has 28 heavy (non-hydrogen) atoms. The van der Waals surface area contributed by atoms with Crippen LogP contribution in [0.4, 0.5) is 0 Å². The van der Waals surface area contributed by atoms with Gasteiger partial charge in [0, 0.05) is 12.1 Å². The monoisotopic (exact) mass is 388 g/mol. The van der Waals surface area contributed by atoms with Crippen LogP contribution in [-0.4, -0.2) is 40.2 Å². The molecule has 0 radical (unpaired) electrons. The molecular formula is C21H24O7. The first-order chi connectivity index (χ1) is 13.2. The summed E-state index contributed by atoms with van der Waals surface area (Å²) in [5.74, 6) is 0.493. The van der Waals surface area contributed by atoms with Gasteiger partial charge in [-0.2, -0.15) is 0 Å². The van der Waals surface area contributed by atoms with Crippen molar-refractivity contribution in [3.8, 4) is 5.75 Å². The second-order valence-electron chi connectivity index (χ2n) is 8.14. The number of ether oxygens (including phenoxy) is 2. The number of aliphatic hydroxyl groups is 2. The molecule has 2 aromatic heterocycles. The molecule has 1 aromatic carbocycles. The van der Waals surface area contributed by atoms with E-state index in [0.717, 1.165) is 5.39 Å². The third kappa shape index (κ3) is 3.30. The van der Waals surface area contributed by atoms with E-state index in [0.29, 0.717) is 35.1 Å². The van der Waals surface area contributed by atoms with Crippen molar-refractivity contribution in [1.82, 2.24) is 0 Å². The first-order valence-electron chi connectivity index (χ1n) is 9.32. The highest BCUT2D eigenvalue weighted by atomic mass is 16.6. The molecule has 1 aliphatic heterocycles. The zero-order valence-corrected chi connectivity index (χ0v) is 16.1. The van der Waals surface area contributed by atoms with Gasteiger partial charge in [0.2, 0.25) is 0 Å².